The summed E-state index contributed by atoms with van der Waals surface area (Å²) in [5.74, 6) is 0.727. The van der Waals surface area contributed by atoms with Crippen LogP contribution in [0.5, 0.6) is 5.75 Å². The third-order valence-corrected chi connectivity index (χ3v) is 2.81. The molecule has 19 heavy (non-hydrogen) atoms. The molecular weight excluding hydrogens is 242 g/mol. The third-order valence-electron chi connectivity index (χ3n) is 2.81. The van der Waals surface area contributed by atoms with Crippen molar-refractivity contribution >= 4 is 11.0 Å². The van der Waals surface area contributed by atoms with Gasteiger partial charge in [0.05, 0.1) is 18.3 Å². The number of nitrogens with zero attached hydrogens (tertiary/aromatic N) is 3. The Morgan fingerprint density at radius 2 is 2.26 bits per heavy atom. The van der Waals surface area contributed by atoms with Crippen molar-refractivity contribution in [3.8, 4) is 11.8 Å². The molecule has 5 nitrogen and oxygen atoms in total. The Morgan fingerprint density at radius 1 is 1.37 bits per heavy atom. The molecule has 0 radical (unpaired) electrons. The number of furan rings is 1. The predicted octanol–water partition coefficient (Wildman–Crippen LogP) is 2.58. The van der Waals surface area contributed by atoms with E-state index in [9.17, 15) is 0 Å². The molecule has 0 spiro atoms. The van der Waals surface area contributed by atoms with E-state index in [1.165, 1.54) is 0 Å². The van der Waals surface area contributed by atoms with Crippen LogP contribution < -0.4 is 4.74 Å². The maximum absolute atomic E-state index is 9.06. The number of aromatic nitrogens is 2. The lowest BCUT2D eigenvalue weighted by molar-refractivity contribution is 0.296. The van der Waals surface area contributed by atoms with Crippen molar-refractivity contribution in [2.24, 2.45) is 0 Å². The first kappa shape index (κ1) is 11.4. The molecule has 0 aliphatic rings. The molecule has 0 bridgehead atoms. The Morgan fingerprint density at radius 3 is 3.05 bits per heavy atom. The van der Waals surface area contributed by atoms with Gasteiger partial charge in [-0.05, 0) is 12.1 Å². The Labute approximate surface area is 109 Å². The molecule has 0 fully saturated rings. The molecule has 5 heteroatoms. The topological polar surface area (TPSA) is 64.0 Å². The first-order chi connectivity index (χ1) is 9.38. The maximum Gasteiger partial charge on any atom is 0.246 e. The van der Waals surface area contributed by atoms with Gasteiger partial charge in [0.2, 0.25) is 5.76 Å². The quantitative estimate of drug-likeness (QED) is 0.716. The van der Waals surface area contributed by atoms with Crippen LogP contribution in [0.2, 0.25) is 0 Å². The van der Waals surface area contributed by atoms with Gasteiger partial charge in [-0.15, -0.1) is 0 Å². The van der Waals surface area contributed by atoms with E-state index in [-0.39, 0.29) is 5.76 Å². The second-order valence-corrected chi connectivity index (χ2v) is 4.02. The summed E-state index contributed by atoms with van der Waals surface area (Å²) < 4.78 is 13.0. The number of hydrogen-bond donors (Lipinski definition) is 0. The second kappa shape index (κ2) is 4.86. The van der Waals surface area contributed by atoms with Crippen LogP contribution in [-0.2, 0) is 6.54 Å². The molecule has 94 valence electrons. The summed E-state index contributed by atoms with van der Waals surface area (Å²) in [6.07, 6.45) is 5.30. The molecule has 1 aromatic carbocycles. The number of nitriles is 1. The largest absolute Gasteiger partial charge is 0.486 e. The Kier molecular flexibility index (Phi) is 2.91. The zero-order chi connectivity index (χ0) is 13.1. The molecule has 2 aromatic heterocycles. The maximum atomic E-state index is 9.06. The normalized spacial score (nSPS) is 10.5. The van der Waals surface area contributed by atoms with Crippen LogP contribution in [0.25, 0.3) is 11.0 Å². The molecule has 0 N–H and O–H groups in total. The number of para-hydroxylation sites is 1. The van der Waals surface area contributed by atoms with Crippen LogP contribution in [0, 0.1) is 11.3 Å². The summed E-state index contributed by atoms with van der Waals surface area (Å²) in [6, 6.07) is 9.47. The highest BCUT2D eigenvalue weighted by Crippen LogP contribution is 2.32. The molecule has 0 saturated heterocycles. The minimum Gasteiger partial charge on any atom is -0.486 e. The van der Waals surface area contributed by atoms with Crippen molar-refractivity contribution < 1.29 is 9.15 Å². The van der Waals surface area contributed by atoms with Crippen molar-refractivity contribution in [1.82, 2.24) is 9.55 Å². The van der Waals surface area contributed by atoms with Crippen LogP contribution >= 0.6 is 0 Å². The van der Waals surface area contributed by atoms with Crippen molar-refractivity contribution in [3.63, 3.8) is 0 Å². The van der Waals surface area contributed by atoms with E-state index in [1.54, 1.807) is 12.5 Å². The minimum atomic E-state index is 0.215. The highest BCUT2D eigenvalue weighted by molar-refractivity contribution is 5.86. The SMILES string of the molecule is N#Cc1oc2ccccc2c1OCCn1ccnc1. The van der Waals surface area contributed by atoms with E-state index in [1.807, 2.05) is 41.1 Å². The second-order valence-electron chi connectivity index (χ2n) is 4.02. The summed E-state index contributed by atoms with van der Waals surface area (Å²) in [7, 11) is 0. The van der Waals surface area contributed by atoms with Crippen molar-refractivity contribution in [2.75, 3.05) is 6.61 Å². The summed E-state index contributed by atoms with van der Waals surface area (Å²) in [6.45, 7) is 1.12. The van der Waals surface area contributed by atoms with E-state index in [2.05, 4.69) is 4.98 Å². The van der Waals surface area contributed by atoms with Gasteiger partial charge in [-0.1, -0.05) is 12.1 Å². The zero-order valence-corrected chi connectivity index (χ0v) is 10.1. The van der Waals surface area contributed by atoms with Gasteiger partial charge in [-0.3, -0.25) is 0 Å². The van der Waals surface area contributed by atoms with Crippen molar-refractivity contribution in [1.29, 1.82) is 5.26 Å². The summed E-state index contributed by atoms with van der Waals surface area (Å²) in [5.41, 5.74) is 0.664. The first-order valence-electron chi connectivity index (χ1n) is 5.88. The van der Waals surface area contributed by atoms with E-state index in [4.69, 9.17) is 14.4 Å². The zero-order valence-electron chi connectivity index (χ0n) is 10.1. The monoisotopic (exact) mass is 253 g/mol. The standard InChI is InChI=1S/C14H11N3O2/c15-9-13-14(11-3-1-2-4-12(11)19-13)18-8-7-17-6-5-16-10-17/h1-6,10H,7-8H2. The molecule has 0 aliphatic carbocycles. The van der Waals surface area contributed by atoms with Gasteiger partial charge in [-0.2, -0.15) is 5.26 Å². The smallest absolute Gasteiger partial charge is 0.246 e. The lowest BCUT2D eigenvalue weighted by Crippen LogP contribution is -2.06. The molecule has 0 atom stereocenters. The van der Waals surface area contributed by atoms with Crippen LogP contribution in [0.15, 0.2) is 47.4 Å². The number of benzene rings is 1. The Hall–Kier alpha value is -2.74. The van der Waals surface area contributed by atoms with Crippen LogP contribution in [-0.4, -0.2) is 16.2 Å². The average molecular weight is 253 g/mol. The number of imidazole rings is 1. The van der Waals surface area contributed by atoms with Gasteiger partial charge in [0, 0.05) is 12.4 Å². The number of hydrogen-bond acceptors (Lipinski definition) is 4. The molecule has 0 unspecified atom stereocenters. The fourth-order valence-corrected chi connectivity index (χ4v) is 1.91. The number of fused-ring (bicyclic) bond motifs is 1. The van der Waals surface area contributed by atoms with Gasteiger partial charge in [0.1, 0.15) is 18.3 Å². The minimum absolute atomic E-state index is 0.215. The van der Waals surface area contributed by atoms with Gasteiger partial charge in [0.15, 0.2) is 5.75 Å². The van der Waals surface area contributed by atoms with Crippen molar-refractivity contribution in [3.05, 3.63) is 48.7 Å². The lowest BCUT2D eigenvalue weighted by atomic mass is 10.2. The summed E-state index contributed by atoms with van der Waals surface area (Å²) >= 11 is 0. The molecule has 3 rings (SSSR count). The summed E-state index contributed by atoms with van der Waals surface area (Å²) in [5, 5.41) is 9.89. The number of ether oxygens (including phenoxy) is 1. The van der Waals surface area contributed by atoms with Gasteiger partial charge in [-0.25, -0.2) is 4.98 Å². The van der Waals surface area contributed by atoms with Gasteiger partial charge in [0.25, 0.3) is 0 Å². The van der Waals surface area contributed by atoms with Crippen LogP contribution in [0.3, 0.4) is 0 Å². The van der Waals surface area contributed by atoms with Crippen molar-refractivity contribution in [2.45, 2.75) is 6.54 Å². The highest BCUT2D eigenvalue weighted by atomic mass is 16.5. The first-order valence-corrected chi connectivity index (χ1v) is 5.88. The van der Waals surface area contributed by atoms with Gasteiger partial charge < -0.3 is 13.7 Å². The third kappa shape index (κ3) is 2.16. The highest BCUT2D eigenvalue weighted by Gasteiger charge is 2.14. The van der Waals surface area contributed by atoms with E-state index in [0.717, 1.165) is 5.39 Å². The molecule has 0 saturated carbocycles. The van der Waals surface area contributed by atoms with E-state index < -0.39 is 0 Å². The van der Waals surface area contributed by atoms with Crippen LogP contribution in [0.1, 0.15) is 5.76 Å². The summed E-state index contributed by atoms with van der Waals surface area (Å²) in [4.78, 5) is 3.96. The average Bonchev–Trinajstić information content (AvgIpc) is 3.06. The molecule has 0 amide bonds. The lowest BCUT2D eigenvalue weighted by Gasteiger charge is -2.05. The Bertz CT molecular complexity index is 723. The Balaban J connectivity index is 1.82. The molecule has 3 aromatic rings. The van der Waals surface area contributed by atoms with Crippen LogP contribution in [0.4, 0.5) is 0 Å². The van der Waals surface area contributed by atoms with E-state index >= 15 is 0 Å². The molecule has 0 aliphatic heterocycles. The predicted molar refractivity (Wildman–Crippen MR) is 68.7 cm³/mol. The molecule has 2 heterocycles. The fraction of sp³-hybridized carbons (Fsp3) is 0.143. The number of rotatable bonds is 4. The van der Waals surface area contributed by atoms with Gasteiger partial charge >= 0.3 is 0 Å². The van der Waals surface area contributed by atoms with E-state index in [0.29, 0.717) is 24.5 Å². The fourth-order valence-electron chi connectivity index (χ4n) is 1.91. The molecular formula is C14H11N3O2.